The summed E-state index contributed by atoms with van der Waals surface area (Å²) >= 11 is 0. The molecular formula is C34H41F15N2O3. The molecule has 2 aromatic rings. The van der Waals surface area contributed by atoms with Gasteiger partial charge in [0.15, 0.2) is 5.82 Å². The van der Waals surface area contributed by atoms with Gasteiger partial charge in [0, 0.05) is 24.6 Å². The van der Waals surface area contributed by atoms with Crippen LogP contribution in [0.5, 0.6) is 0 Å². The summed E-state index contributed by atoms with van der Waals surface area (Å²) < 4.78 is 205. The van der Waals surface area contributed by atoms with Crippen molar-refractivity contribution in [3.8, 4) is 11.4 Å². The highest BCUT2D eigenvalue weighted by molar-refractivity contribution is 5.55. The molecular weight excluding hydrogens is 769 g/mol. The summed E-state index contributed by atoms with van der Waals surface area (Å²) in [6.45, 7) is -0.577. The van der Waals surface area contributed by atoms with Crippen LogP contribution in [0.3, 0.4) is 0 Å². The molecule has 54 heavy (non-hydrogen) atoms. The Morgan fingerprint density at radius 3 is 1.48 bits per heavy atom. The number of nitrogens with zero attached hydrogens (tertiary/aromatic N) is 2. The molecule has 1 aromatic carbocycles. The topological polar surface area (TPSA) is 53.5 Å². The molecule has 1 heterocycles. The van der Waals surface area contributed by atoms with Gasteiger partial charge in [-0.05, 0) is 43.2 Å². The van der Waals surface area contributed by atoms with E-state index in [0.29, 0.717) is 31.5 Å². The Balaban J connectivity index is 1.71. The number of ether oxygens (including phenoxy) is 3. The van der Waals surface area contributed by atoms with E-state index in [1.165, 1.54) is 38.5 Å². The van der Waals surface area contributed by atoms with Gasteiger partial charge in [-0.3, -0.25) is 0 Å². The van der Waals surface area contributed by atoms with Crippen molar-refractivity contribution in [3.05, 3.63) is 47.8 Å². The normalized spacial score (nSPS) is 13.9. The largest absolute Gasteiger partial charge is 0.460 e. The third kappa shape index (κ3) is 13.7. The molecule has 0 amide bonds. The Morgan fingerprint density at radius 2 is 0.963 bits per heavy atom. The van der Waals surface area contributed by atoms with E-state index in [-0.39, 0.29) is 6.42 Å². The van der Waals surface area contributed by atoms with Crippen molar-refractivity contribution in [2.45, 2.75) is 139 Å². The van der Waals surface area contributed by atoms with Gasteiger partial charge in [-0.25, -0.2) is 19.4 Å². The molecule has 0 aliphatic rings. The number of benzene rings is 1. The zero-order valence-corrected chi connectivity index (χ0v) is 29.1. The molecule has 0 saturated carbocycles. The molecule has 0 bridgehead atoms. The molecule has 0 N–H and O–H groups in total. The van der Waals surface area contributed by atoms with Crippen LogP contribution in [0.4, 0.5) is 65.9 Å². The number of aryl methyl sites for hydroxylation is 2. The zero-order valence-electron chi connectivity index (χ0n) is 29.1. The van der Waals surface area contributed by atoms with Crippen molar-refractivity contribution in [2.24, 2.45) is 0 Å². The lowest BCUT2D eigenvalue weighted by Gasteiger charge is -2.36. The fraction of sp³-hybridized carbons (Fsp3) is 0.706. The van der Waals surface area contributed by atoms with Gasteiger partial charge >= 0.3 is 42.5 Å². The Hall–Kier alpha value is -2.87. The predicted octanol–water partition coefficient (Wildman–Crippen LogP) is 12.2. The molecule has 0 unspecified atom stereocenters. The lowest BCUT2D eigenvalue weighted by molar-refractivity contribution is -0.543. The highest BCUT2D eigenvalue weighted by Gasteiger charge is 2.85. The second-order valence-electron chi connectivity index (χ2n) is 12.6. The van der Waals surface area contributed by atoms with Crippen molar-refractivity contribution in [2.75, 3.05) is 13.2 Å². The number of halogens is 15. The summed E-state index contributed by atoms with van der Waals surface area (Å²) in [5, 5.41) is 0. The van der Waals surface area contributed by atoms with Gasteiger partial charge < -0.3 is 4.74 Å². The summed E-state index contributed by atoms with van der Waals surface area (Å²) in [5.41, 5.74) is 2.85. The SMILES string of the molecule is CCCCCCCCCCc1cnc(-c2ccc(CCCCCCOCC(F)(F)OC(F)(F)C(F)(F)OC(F)(F)C(F)(F)C(F)(F)C(F)(F)F)cc2)nc1. The molecule has 20 heteroatoms. The third-order valence-electron chi connectivity index (χ3n) is 8.00. The number of unbranched alkanes of at least 4 members (excludes halogenated alkanes) is 10. The number of aromatic nitrogens is 2. The lowest BCUT2D eigenvalue weighted by Crippen LogP contribution is -2.64. The van der Waals surface area contributed by atoms with Crippen LogP contribution in [0, 0.1) is 0 Å². The minimum absolute atomic E-state index is 0.0474. The van der Waals surface area contributed by atoms with Gasteiger partial charge in [-0.1, -0.05) is 89.0 Å². The van der Waals surface area contributed by atoms with Crippen LogP contribution in [-0.2, 0) is 27.1 Å². The van der Waals surface area contributed by atoms with E-state index in [1.54, 1.807) is 4.74 Å². The average molecular weight is 811 g/mol. The Morgan fingerprint density at radius 1 is 0.500 bits per heavy atom. The first-order valence-electron chi connectivity index (χ1n) is 17.1. The molecule has 0 saturated heterocycles. The average Bonchev–Trinajstić information content (AvgIpc) is 3.06. The number of hydrogen-bond acceptors (Lipinski definition) is 5. The molecule has 5 nitrogen and oxygen atoms in total. The quantitative estimate of drug-likeness (QED) is 0.0700. The first-order chi connectivity index (χ1) is 24.9. The maximum absolute atomic E-state index is 13.7. The fourth-order valence-electron chi connectivity index (χ4n) is 4.92. The van der Waals surface area contributed by atoms with E-state index in [0.717, 1.165) is 36.0 Å². The highest BCUT2D eigenvalue weighted by atomic mass is 19.4. The Kier molecular flexibility index (Phi) is 17.4. The van der Waals surface area contributed by atoms with Crippen molar-refractivity contribution in [1.29, 1.82) is 0 Å². The van der Waals surface area contributed by atoms with Gasteiger partial charge in [-0.2, -0.15) is 65.9 Å². The Labute approximate surface area is 302 Å². The van der Waals surface area contributed by atoms with Crippen molar-refractivity contribution in [3.63, 3.8) is 0 Å². The van der Waals surface area contributed by atoms with Crippen LogP contribution in [0.2, 0.25) is 0 Å². The van der Waals surface area contributed by atoms with Crippen LogP contribution in [0.15, 0.2) is 36.7 Å². The third-order valence-corrected chi connectivity index (χ3v) is 8.00. The molecule has 0 aliphatic heterocycles. The summed E-state index contributed by atoms with van der Waals surface area (Å²) in [4.78, 5) is 8.91. The molecule has 0 aliphatic carbocycles. The number of rotatable bonds is 26. The monoisotopic (exact) mass is 810 g/mol. The van der Waals surface area contributed by atoms with E-state index in [1.807, 2.05) is 36.7 Å². The van der Waals surface area contributed by atoms with Gasteiger partial charge in [0.25, 0.3) is 0 Å². The maximum atomic E-state index is 13.7. The summed E-state index contributed by atoms with van der Waals surface area (Å²) in [6.07, 6.45) is -18.3. The van der Waals surface area contributed by atoms with Crippen molar-refractivity contribution < 1.29 is 80.1 Å². The second kappa shape index (κ2) is 19.8. The Bertz CT molecular complexity index is 1370. The zero-order chi connectivity index (χ0) is 40.9. The van der Waals surface area contributed by atoms with E-state index in [9.17, 15) is 65.9 Å². The summed E-state index contributed by atoms with van der Waals surface area (Å²) in [6, 6.07) is 7.48. The number of alkyl halides is 15. The van der Waals surface area contributed by atoms with E-state index in [2.05, 4.69) is 26.4 Å². The fourth-order valence-corrected chi connectivity index (χ4v) is 4.92. The number of hydrogen-bond donors (Lipinski definition) is 0. The van der Waals surface area contributed by atoms with Gasteiger partial charge in [0.2, 0.25) is 0 Å². The second-order valence-corrected chi connectivity index (χ2v) is 12.6. The van der Waals surface area contributed by atoms with Gasteiger partial charge in [-0.15, -0.1) is 0 Å². The summed E-state index contributed by atoms with van der Waals surface area (Å²) in [7, 11) is 0. The molecule has 310 valence electrons. The summed E-state index contributed by atoms with van der Waals surface area (Å²) in [5.74, 6) is -15.1. The van der Waals surface area contributed by atoms with Gasteiger partial charge in [0.05, 0.1) is 0 Å². The lowest BCUT2D eigenvalue weighted by atomic mass is 10.0. The van der Waals surface area contributed by atoms with Crippen molar-refractivity contribution in [1.82, 2.24) is 9.97 Å². The standard InChI is InChI=1S/C34H41F15N2O3/c1-2-3-4-5-6-7-8-12-15-25-21-50-27(51-22-25)26-18-16-24(17-19-26)14-11-9-10-13-20-52-23-28(35,36)53-33(46,47)34(48,49)54-32(44,45)30(39,40)29(37,38)31(41,42)43/h16-19,21-22H,2-15,20,23H2,1H3. The predicted molar refractivity (Wildman–Crippen MR) is 165 cm³/mol. The smallest absolute Gasteiger partial charge is 0.372 e. The molecule has 0 fully saturated rings. The highest BCUT2D eigenvalue weighted by Crippen LogP contribution is 2.56. The molecule has 2 rings (SSSR count). The van der Waals surface area contributed by atoms with Crippen LogP contribution in [-0.4, -0.2) is 65.6 Å². The minimum atomic E-state index is -7.90. The van der Waals surface area contributed by atoms with Crippen LogP contribution in [0.1, 0.15) is 95.1 Å². The van der Waals surface area contributed by atoms with Crippen LogP contribution in [0.25, 0.3) is 11.4 Å². The molecule has 0 spiro atoms. The first-order valence-corrected chi connectivity index (χ1v) is 17.1. The minimum Gasteiger partial charge on any atom is -0.372 e. The molecule has 1 aromatic heterocycles. The maximum Gasteiger partial charge on any atom is 0.460 e. The van der Waals surface area contributed by atoms with E-state index < -0.39 is 55.7 Å². The molecule has 0 radical (unpaired) electrons. The molecule has 0 atom stereocenters. The first kappa shape index (κ1) is 47.3. The van der Waals surface area contributed by atoms with Crippen LogP contribution < -0.4 is 0 Å². The van der Waals surface area contributed by atoms with Crippen LogP contribution >= 0.6 is 0 Å². The van der Waals surface area contributed by atoms with E-state index >= 15 is 0 Å². The van der Waals surface area contributed by atoms with E-state index in [4.69, 9.17) is 0 Å². The van der Waals surface area contributed by atoms with Gasteiger partial charge in [0.1, 0.15) is 6.61 Å². The van der Waals surface area contributed by atoms with Crippen molar-refractivity contribution >= 4 is 0 Å².